The van der Waals surface area contributed by atoms with Crippen molar-refractivity contribution in [3.63, 3.8) is 0 Å². The number of anilines is 1. The topological polar surface area (TPSA) is 77.9 Å². The van der Waals surface area contributed by atoms with Gasteiger partial charge in [0.15, 0.2) is 5.11 Å². The Morgan fingerprint density at radius 1 is 0.864 bits per heavy atom. The molecule has 222 valence electrons. The maximum atomic E-state index is 12.7. The van der Waals surface area contributed by atoms with E-state index in [-0.39, 0.29) is 18.1 Å². The normalized spacial score (nSPS) is 16.0. The SMILES string of the molecule is COC(=O)c1ccccc1-n1c(C)cc([C@H]2[C@@H](c3ccccn3)NC(=S)N2c2ccc(Oc3ccc(OC)cc3)cc2)c1C. The third-order valence-corrected chi connectivity index (χ3v) is 8.16. The lowest BCUT2D eigenvalue weighted by Crippen LogP contribution is -2.29. The number of ether oxygens (including phenoxy) is 3. The van der Waals surface area contributed by atoms with Crippen LogP contribution in [0.15, 0.2) is 103 Å². The van der Waals surface area contributed by atoms with Crippen LogP contribution in [-0.4, -0.2) is 34.9 Å². The van der Waals surface area contributed by atoms with Gasteiger partial charge in [-0.2, -0.15) is 0 Å². The van der Waals surface area contributed by atoms with Crippen molar-refractivity contribution in [3.8, 4) is 22.9 Å². The Hall–Kier alpha value is -5.15. The molecule has 1 aliphatic rings. The van der Waals surface area contributed by atoms with Gasteiger partial charge in [-0.3, -0.25) is 4.98 Å². The molecule has 3 aromatic carbocycles. The Labute approximate surface area is 261 Å². The van der Waals surface area contributed by atoms with Crippen LogP contribution in [-0.2, 0) is 4.74 Å². The molecule has 0 bridgehead atoms. The Kier molecular flexibility index (Phi) is 8.04. The van der Waals surface area contributed by atoms with E-state index in [2.05, 4.69) is 27.8 Å². The van der Waals surface area contributed by atoms with Gasteiger partial charge in [0.1, 0.15) is 17.2 Å². The Bertz CT molecular complexity index is 1800. The molecule has 0 amide bonds. The van der Waals surface area contributed by atoms with Crippen LogP contribution in [0.4, 0.5) is 5.69 Å². The second-order valence-electron chi connectivity index (χ2n) is 10.4. The van der Waals surface area contributed by atoms with Crippen molar-refractivity contribution in [1.29, 1.82) is 0 Å². The van der Waals surface area contributed by atoms with Crippen LogP contribution in [0.2, 0.25) is 0 Å². The number of hydrogen-bond acceptors (Lipinski definition) is 6. The standard InChI is InChI=1S/C35H32N4O4S/c1-22-21-29(23(2)38(22)31-11-6-5-9-28(31)34(40)42-4)33-32(30-10-7-8-20-36-30)37-35(44)39(33)24-12-14-26(15-13-24)43-27-18-16-25(41-3)17-19-27/h5-21,32-33H,1-4H3,(H,37,44)/t32-,33+/m1/s1. The number of benzene rings is 3. The molecule has 1 fully saturated rings. The first kappa shape index (κ1) is 28.9. The Morgan fingerprint density at radius 2 is 1.52 bits per heavy atom. The number of pyridine rings is 1. The fraction of sp³-hybridized carbons (Fsp3) is 0.171. The lowest BCUT2D eigenvalue weighted by molar-refractivity contribution is 0.0600. The zero-order valence-corrected chi connectivity index (χ0v) is 25.7. The largest absolute Gasteiger partial charge is 0.497 e. The lowest BCUT2D eigenvalue weighted by Gasteiger charge is -2.28. The molecule has 0 radical (unpaired) electrons. The summed E-state index contributed by atoms with van der Waals surface area (Å²) in [6.45, 7) is 4.11. The molecule has 0 spiro atoms. The van der Waals surface area contributed by atoms with Crippen molar-refractivity contribution in [3.05, 3.63) is 131 Å². The smallest absolute Gasteiger partial charge is 0.339 e. The van der Waals surface area contributed by atoms with Gasteiger partial charge >= 0.3 is 5.97 Å². The molecule has 2 atom stereocenters. The van der Waals surface area contributed by atoms with Crippen molar-refractivity contribution in [2.75, 3.05) is 19.1 Å². The number of carbonyl (C=O) groups is 1. The number of nitrogens with one attached hydrogen (secondary N) is 1. The van der Waals surface area contributed by atoms with Crippen molar-refractivity contribution < 1.29 is 19.0 Å². The summed E-state index contributed by atoms with van der Waals surface area (Å²) < 4.78 is 18.5. The van der Waals surface area contributed by atoms with E-state index in [1.807, 2.05) is 91.9 Å². The summed E-state index contributed by atoms with van der Waals surface area (Å²) >= 11 is 5.96. The molecule has 44 heavy (non-hydrogen) atoms. The van der Waals surface area contributed by atoms with Gasteiger partial charge in [0.05, 0.1) is 43.2 Å². The quantitative estimate of drug-likeness (QED) is 0.147. The minimum atomic E-state index is -0.386. The summed E-state index contributed by atoms with van der Waals surface area (Å²) in [5.41, 5.74) is 6.07. The Balaban J connectivity index is 1.41. The van der Waals surface area contributed by atoms with E-state index in [4.69, 9.17) is 31.4 Å². The predicted molar refractivity (Wildman–Crippen MR) is 174 cm³/mol. The average Bonchev–Trinajstić information content (AvgIpc) is 3.56. The van der Waals surface area contributed by atoms with Gasteiger partial charge in [-0.1, -0.05) is 18.2 Å². The number of rotatable bonds is 8. The minimum Gasteiger partial charge on any atom is -0.497 e. The number of thiocarbonyl (C=S) groups is 1. The van der Waals surface area contributed by atoms with Crippen LogP contribution in [0.1, 0.15) is 45.1 Å². The second-order valence-corrected chi connectivity index (χ2v) is 10.8. The van der Waals surface area contributed by atoms with Crippen molar-refractivity contribution >= 4 is 29.0 Å². The van der Waals surface area contributed by atoms with E-state index in [1.165, 1.54) is 7.11 Å². The number of para-hydroxylation sites is 1. The average molecular weight is 605 g/mol. The van der Waals surface area contributed by atoms with E-state index in [0.29, 0.717) is 22.2 Å². The molecule has 5 aromatic rings. The van der Waals surface area contributed by atoms with E-state index in [1.54, 1.807) is 19.4 Å². The van der Waals surface area contributed by atoms with Gasteiger partial charge in [0, 0.05) is 23.3 Å². The van der Waals surface area contributed by atoms with Gasteiger partial charge in [-0.25, -0.2) is 4.79 Å². The first-order chi connectivity index (χ1) is 21.4. The summed E-state index contributed by atoms with van der Waals surface area (Å²) in [4.78, 5) is 19.5. The molecule has 1 aliphatic heterocycles. The molecule has 2 aromatic heterocycles. The first-order valence-electron chi connectivity index (χ1n) is 14.2. The summed E-state index contributed by atoms with van der Waals surface area (Å²) in [6, 6.07) is 30.4. The van der Waals surface area contributed by atoms with Crippen molar-refractivity contribution in [2.45, 2.75) is 25.9 Å². The summed E-state index contributed by atoms with van der Waals surface area (Å²) in [5.74, 6) is 1.80. The summed E-state index contributed by atoms with van der Waals surface area (Å²) in [7, 11) is 3.03. The number of hydrogen-bond donors (Lipinski definition) is 1. The van der Waals surface area contributed by atoms with Gasteiger partial charge < -0.3 is 29.0 Å². The van der Waals surface area contributed by atoms with Crippen molar-refractivity contribution in [1.82, 2.24) is 14.9 Å². The lowest BCUT2D eigenvalue weighted by atomic mass is 9.96. The number of methoxy groups -OCH3 is 2. The molecule has 1 N–H and O–H groups in total. The number of carbonyl (C=O) groups excluding carboxylic acids is 1. The molecule has 8 nitrogen and oxygen atoms in total. The van der Waals surface area contributed by atoms with E-state index < -0.39 is 0 Å². The summed E-state index contributed by atoms with van der Waals surface area (Å²) in [6.07, 6.45) is 1.79. The van der Waals surface area contributed by atoms with E-state index in [0.717, 1.165) is 39.8 Å². The highest BCUT2D eigenvalue weighted by atomic mass is 32.1. The molecule has 0 aliphatic carbocycles. The predicted octanol–water partition coefficient (Wildman–Crippen LogP) is 7.25. The van der Waals surface area contributed by atoms with Crippen LogP contribution in [0.25, 0.3) is 5.69 Å². The zero-order valence-electron chi connectivity index (χ0n) is 24.9. The van der Waals surface area contributed by atoms with Gasteiger partial charge in [0.25, 0.3) is 0 Å². The van der Waals surface area contributed by atoms with Crippen LogP contribution in [0.5, 0.6) is 17.2 Å². The van der Waals surface area contributed by atoms with Crippen LogP contribution in [0, 0.1) is 13.8 Å². The van der Waals surface area contributed by atoms with Gasteiger partial charge in [-0.05, 0) is 110 Å². The molecule has 0 saturated carbocycles. The van der Waals surface area contributed by atoms with Gasteiger partial charge in [0.2, 0.25) is 0 Å². The number of esters is 1. The fourth-order valence-corrected chi connectivity index (χ4v) is 6.16. The highest BCUT2D eigenvalue weighted by Gasteiger charge is 2.42. The third-order valence-electron chi connectivity index (χ3n) is 7.85. The third kappa shape index (κ3) is 5.38. The number of nitrogens with zero attached hydrogens (tertiary/aromatic N) is 3. The number of aryl methyl sites for hydroxylation is 1. The molecule has 9 heteroatoms. The van der Waals surface area contributed by atoms with E-state index in [9.17, 15) is 4.79 Å². The molecular weight excluding hydrogens is 572 g/mol. The molecule has 1 saturated heterocycles. The molecule has 6 rings (SSSR count). The molecule has 3 heterocycles. The Morgan fingerprint density at radius 3 is 2.18 bits per heavy atom. The fourth-order valence-electron chi connectivity index (χ4n) is 5.81. The van der Waals surface area contributed by atoms with Gasteiger partial charge in [-0.15, -0.1) is 0 Å². The monoisotopic (exact) mass is 604 g/mol. The zero-order chi connectivity index (χ0) is 30.8. The minimum absolute atomic E-state index is 0.219. The van der Waals surface area contributed by atoms with Crippen LogP contribution < -0.4 is 19.7 Å². The van der Waals surface area contributed by atoms with Crippen LogP contribution in [0.3, 0.4) is 0 Å². The maximum absolute atomic E-state index is 12.7. The first-order valence-corrected chi connectivity index (χ1v) is 14.6. The highest BCUT2D eigenvalue weighted by molar-refractivity contribution is 7.80. The van der Waals surface area contributed by atoms with E-state index >= 15 is 0 Å². The maximum Gasteiger partial charge on any atom is 0.339 e. The second kappa shape index (κ2) is 12.2. The number of aromatic nitrogens is 2. The molecular formula is C35H32N4O4S. The highest BCUT2D eigenvalue weighted by Crippen LogP contribution is 2.44. The van der Waals surface area contributed by atoms with Crippen LogP contribution >= 0.6 is 12.2 Å². The van der Waals surface area contributed by atoms with Crippen molar-refractivity contribution in [2.24, 2.45) is 0 Å². The molecule has 0 unspecified atom stereocenters. The summed E-state index contributed by atoms with van der Waals surface area (Å²) in [5, 5.41) is 4.13.